The van der Waals surface area contributed by atoms with Gasteiger partial charge in [0.1, 0.15) is 28.6 Å². The molecule has 206 valence electrons. The highest BCUT2D eigenvalue weighted by Crippen LogP contribution is 2.41. The molecule has 10 heteroatoms. The summed E-state index contributed by atoms with van der Waals surface area (Å²) in [5.41, 5.74) is 2.57. The zero-order valence-electron chi connectivity index (χ0n) is 22.1. The second kappa shape index (κ2) is 10.5. The fourth-order valence-corrected chi connectivity index (χ4v) is 6.24. The Bertz CT molecular complexity index is 1480. The fourth-order valence-electron chi connectivity index (χ4n) is 4.81. The Morgan fingerprint density at radius 3 is 2.51 bits per heavy atom. The van der Waals surface area contributed by atoms with E-state index >= 15 is 0 Å². The van der Waals surface area contributed by atoms with Crippen molar-refractivity contribution >= 4 is 15.9 Å². The number of carbonyl (C=O) groups is 1. The van der Waals surface area contributed by atoms with Crippen molar-refractivity contribution in [3.63, 3.8) is 0 Å². The number of hydrogen-bond acceptors (Lipinski definition) is 8. The average molecular weight is 553 g/mol. The zero-order valence-corrected chi connectivity index (χ0v) is 23.0. The van der Waals surface area contributed by atoms with Crippen molar-refractivity contribution in [2.45, 2.75) is 63.4 Å². The number of amides is 1. The first-order chi connectivity index (χ1) is 18.5. The van der Waals surface area contributed by atoms with Gasteiger partial charge < -0.3 is 19.3 Å². The molecule has 0 radical (unpaired) electrons. The third kappa shape index (κ3) is 6.17. The average Bonchev–Trinajstić information content (AvgIpc) is 3.39. The molecule has 2 atom stereocenters. The first-order valence-electron chi connectivity index (χ1n) is 12.9. The zero-order chi connectivity index (χ0) is 27.8. The summed E-state index contributed by atoms with van der Waals surface area (Å²) in [7, 11) is -3.69. The van der Waals surface area contributed by atoms with Gasteiger partial charge in [-0.2, -0.15) is 0 Å². The second-order valence-electron chi connectivity index (χ2n) is 10.5. The highest BCUT2D eigenvalue weighted by atomic mass is 32.2. The molecule has 2 aromatic carbocycles. The summed E-state index contributed by atoms with van der Waals surface area (Å²) >= 11 is 0. The summed E-state index contributed by atoms with van der Waals surface area (Å²) in [5.74, 6) is 2.00. The van der Waals surface area contributed by atoms with Gasteiger partial charge in [0, 0.05) is 18.1 Å². The van der Waals surface area contributed by atoms with Crippen molar-refractivity contribution in [1.29, 1.82) is 0 Å². The van der Waals surface area contributed by atoms with Gasteiger partial charge in [-0.15, -0.1) is 0 Å². The van der Waals surface area contributed by atoms with Crippen molar-refractivity contribution in [2.75, 3.05) is 6.61 Å². The summed E-state index contributed by atoms with van der Waals surface area (Å²) in [6.07, 6.45) is 1.81. The summed E-state index contributed by atoms with van der Waals surface area (Å²) < 4.78 is 44.5. The number of fused-ring (bicyclic) bond motifs is 1. The topological polar surface area (TPSA) is 124 Å². The number of nitrogens with one attached hydrogen (secondary N) is 1. The van der Waals surface area contributed by atoms with Crippen LogP contribution in [-0.2, 0) is 21.2 Å². The molecule has 0 spiro atoms. The molecule has 1 aliphatic carbocycles. The molecular weight excluding hydrogens is 520 g/mol. The van der Waals surface area contributed by atoms with Crippen LogP contribution in [0.4, 0.5) is 0 Å². The molecule has 1 fully saturated rings. The van der Waals surface area contributed by atoms with E-state index in [1.807, 2.05) is 35.9 Å². The smallest absolute Gasteiger partial charge is 0.242 e. The van der Waals surface area contributed by atoms with Crippen LogP contribution in [-0.4, -0.2) is 36.6 Å². The molecule has 0 saturated carbocycles. The first-order valence-corrected chi connectivity index (χ1v) is 14.5. The molecule has 9 nitrogen and oxygen atoms in total. The quantitative estimate of drug-likeness (QED) is 0.392. The van der Waals surface area contributed by atoms with E-state index in [-0.39, 0.29) is 12.5 Å². The lowest BCUT2D eigenvalue weighted by Gasteiger charge is -2.18. The SMILES string of the molecule is Cc1nc(OCCC(C)(C)O)ccc1Oc1cccc2c1CC[C@H]2Oc1ccc(C2CC(=O)NS2(=O)=O)cc1. The van der Waals surface area contributed by atoms with Crippen LogP contribution in [0.5, 0.6) is 23.1 Å². The number of hydrogen-bond donors (Lipinski definition) is 2. The Balaban J connectivity index is 1.25. The molecule has 1 aromatic heterocycles. The van der Waals surface area contributed by atoms with Gasteiger partial charge in [0.15, 0.2) is 0 Å². The summed E-state index contributed by atoms with van der Waals surface area (Å²) in [4.78, 5) is 16.0. The molecule has 2 N–H and O–H groups in total. The summed E-state index contributed by atoms with van der Waals surface area (Å²) in [6.45, 7) is 5.70. The second-order valence-corrected chi connectivity index (χ2v) is 12.4. The lowest BCUT2D eigenvalue weighted by atomic mass is 10.1. The van der Waals surface area contributed by atoms with E-state index in [0.29, 0.717) is 41.7 Å². The van der Waals surface area contributed by atoms with E-state index in [2.05, 4.69) is 4.98 Å². The number of ether oxygens (including phenoxy) is 3. The number of rotatable bonds is 9. The van der Waals surface area contributed by atoms with Gasteiger partial charge in [0.05, 0.1) is 24.3 Å². The van der Waals surface area contributed by atoms with Crippen molar-refractivity contribution in [1.82, 2.24) is 9.71 Å². The molecule has 5 rings (SSSR count). The molecule has 1 unspecified atom stereocenters. The van der Waals surface area contributed by atoms with E-state index in [0.717, 1.165) is 29.7 Å². The fraction of sp³-hybridized carbons (Fsp3) is 0.379. The Kier molecular flexibility index (Phi) is 7.26. The standard InChI is InChI=1S/C29H32N2O7S/c1-18-23(13-14-28(30-18)36-16-15-29(2,3)33)38-24-6-4-5-21-22(24)11-12-25(21)37-20-9-7-19(8-10-20)26-17-27(32)31-39(26,34)35/h4-10,13-14,25-26,33H,11-12,15-17H2,1-3H3,(H,31,32)/t25-,26?/m1/s1. The van der Waals surface area contributed by atoms with E-state index in [1.165, 1.54) is 0 Å². The summed E-state index contributed by atoms with van der Waals surface area (Å²) in [5, 5.41) is 8.97. The minimum absolute atomic E-state index is 0.0753. The molecule has 2 aliphatic rings. The molecule has 1 amide bonds. The van der Waals surface area contributed by atoms with Gasteiger partial charge in [-0.3, -0.25) is 9.52 Å². The normalized spacial score (nSPS) is 19.8. The van der Waals surface area contributed by atoms with E-state index in [1.54, 1.807) is 44.2 Å². The van der Waals surface area contributed by atoms with E-state index in [9.17, 15) is 18.3 Å². The molecule has 1 aliphatic heterocycles. The van der Waals surface area contributed by atoms with Crippen LogP contribution in [0.1, 0.15) is 66.8 Å². The minimum atomic E-state index is -3.69. The number of aliphatic hydroxyl groups is 1. The minimum Gasteiger partial charge on any atom is -0.486 e. The van der Waals surface area contributed by atoms with Gasteiger partial charge in [-0.25, -0.2) is 13.4 Å². The van der Waals surface area contributed by atoms with Crippen LogP contribution in [0.25, 0.3) is 0 Å². The van der Waals surface area contributed by atoms with Gasteiger partial charge in [0.25, 0.3) is 0 Å². The number of aromatic nitrogens is 1. The molecule has 3 aromatic rings. The Labute approximate surface area is 228 Å². The van der Waals surface area contributed by atoms with Crippen LogP contribution >= 0.6 is 0 Å². The predicted molar refractivity (Wildman–Crippen MR) is 144 cm³/mol. The van der Waals surface area contributed by atoms with Crippen molar-refractivity contribution in [3.05, 3.63) is 77.0 Å². The molecular formula is C29H32N2O7S. The van der Waals surface area contributed by atoms with Gasteiger partial charge >= 0.3 is 0 Å². The lowest BCUT2D eigenvalue weighted by molar-refractivity contribution is -0.118. The number of nitrogens with zero attached hydrogens (tertiary/aromatic N) is 1. The molecule has 0 bridgehead atoms. The number of aryl methyl sites for hydroxylation is 1. The van der Waals surface area contributed by atoms with Crippen molar-refractivity contribution in [2.24, 2.45) is 0 Å². The van der Waals surface area contributed by atoms with Gasteiger partial charge in [-0.1, -0.05) is 24.3 Å². The predicted octanol–water partition coefficient (Wildman–Crippen LogP) is 4.68. The largest absolute Gasteiger partial charge is 0.486 e. The number of sulfonamides is 1. The lowest BCUT2D eigenvalue weighted by Crippen LogP contribution is -2.22. The maximum Gasteiger partial charge on any atom is 0.242 e. The summed E-state index contributed by atoms with van der Waals surface area (Å²) in [6, 6.07) is 16.4. The maximum absolute atomic E-state index is 12.2. The van der Waals surface area contributed by atoms with Crippen LogP contribution in [0.3, 0.4) is 0 Å². The third-order valence-electron chi connectivity index (χ3n) is 6.90. The Morgan fingerprint density at radius 1 is 1.08 bits per heavy atom. The van der Waals surface area contributed by atoms with Crippen LogP contribution < -0.4 is 18.9 Å². The van der Waals surface area contributed by atoms with Crippen LogP contribution in [0, 0.1) is 6.92 Å². The van der Waals surface area contributed by atoms with Crippen molar-refractivity contribution in [3.8, 4) is 23.1 Å². The van der Waals surface area contributed by atoms with E-state index in [4.69, 9.17) is 14.2 Å². The Morgan fingerprint density at radius 2 is 1.85 bits per heavy atom. The number of benzene rings is 2. The molecule has 39 heavy (non-hydrogen) atoms. The first kappa shape index (κ1) is 27.0. The maximum atomic E-state index is 12.2. The third-order valence-corrected chi connectivity index (χ3v) is 8.60. The van der Waals surface area contributed by atoms with Crippen LogP contribution in [0.15, 0.2) is 54.6 Å². The number of carbonyl (C=O) groups excluding carboxylic acids is 1. The van der Waals surface area contributed by atoms with Gasteiger partial charge in [-0.05, 0) is 69.0 Å². The van der Waals surface area contributed by atoms with Gasteiger partial charge in [0.2, 0.25) is 21.8 Å². The molecule has 2 heterocycles. The molecule has 1 saturated heterocycles. The number of pyridine rings is 1. The monoisotopic (exact) mass is 552 g/mol. The van der Waals surface area contributed by atoms with Crippen molar-refractivity contribution < 1.29 is 32.5 Å². The Hall–Kier alpha value is -3.63. The highest BCUT2D eigenvalue weighted by molar-refractivity contribution is 7.90. The van der Waals surface area contributed by atoms with E-state index < -0.39 is 26.8 Å². The van der Waals surface area contributed by atoms with Crippen LogP contribution in [0.2, 0.25) is 0 Å². The highest BCUT2D eigenvalue weighted by Gasteiger charge is 2.37.